The molecule has 0 aliphatic heterocycles. The average molecular weight is 593 g/mol. The molecule has 0 bridgehead atoms. The third-order valence-electron chi connectivity index (χ3n) is 6.26. The molecule has 0 saturated carbocycles. The van der Waals surface area contributed by atoms with Gasteiger partial charge in [-0.05, 0) is 74.0 Å². The molecule has 1 heterocycles. The van der Waals surface area contributed by atoms with E-state index in [0.29, 0.717) is 29.3 Å². The normalized spacial score (nSPS) is 12.7. The zero-order valence-electron chi connectivity index (χ0n) is 23.3. The number of esters is 1. The van der Waals surface area contributed by atoms with Crippen LogP contribution in [-0.2, 0) is 35.6 Å². The number of nitrogens with one attached hydrogen (secondary N) is 4. The number of hydrogen-bond donors (Lipinski definition) is 4. The Morgan fingerprint density at radius 3 is 2.19 bits per heavy atom. The highest BCUT2D eigenvalue weighted by atomic mass is 32.2. The zero-order chi connectivity index (χ0) is 30.3. The molecule has 12 heteroatoms. The minimum atomic E-state index is -4.16. The molecule has 1 aromatic heterocycles. The smallest absolute Gasteiger partial charge is 0.325 e. The van der Waals surface area contributed by atoms with Crippen LogP contribution in [0.2, 0.25) is 0 Å². The van der Waals surface area contributed by atoms with Gasteiger partial charge in [0.1, 0.15) is 11.8 Å². The maximum Gasteiger partial charge on any atom is 0.325 e. The second-order valence-corrected chi connectivity index (χ2v) is 11.2. The number of H-pyrrole nitrogens is 1. The molecule has 4 N–H and O–H groups in total. The van der Waals surface area contributed by atoms with Gasteiger partial charge in [0.2, 0.25) is 15.9 Å². The molecule has 4 aromatic rings. The maximum absolute atomic E-state index is 13.4. The van der Waals surface area contributed by atoms with Gasteiger partial charge in [-0.25, -0.2) is 8.42 Å². The number of fused-ring (bicyclic) bond motifs is 1. The lowest BCUT2D eigenvalue weighted by atomic mass is 10.1. The Morgan fingerprint density at radius 1 is 0.905 bits per heavy atom. The molecule has 0 aliphatic rings. The van der Waals surface area contributed by atoms with Gasteiger partial charge < -0.3 is 25.1 Å². The van der Waals surface area contributed by atoms with Gasteiger partial charge in [0.05, 0.1) is 11.5 Å². The van der Waals surface area contributed by atoms with Crippen LogP contribution in [0.4, 0.5) is 11.4 Å². The SMILES string of the molecule is CCOc1ccc(S(=O)(=O)N[C@@H](Cc2c[nH]c3ccccc23)C(=O)O[C@@H](C)C(=O)Nc2ccc(NC(C)=O)cc2)cc1. The van der Waals surface area contributed by atoms with Gasteiger partial charge in [0, 0.05) is 41.8 Å². The van der Waals surface area contributed by atoms with Gasteiger partial charge in [0.25, 0.3) is 5.91 Å². The Balaban J connectivity index is 1.51. The van der Waals surface area contributed by atoms with Crippen molar-refractivity contribution in [2.45, 2.75) is 44.2 Å². The predicted molar refractivity (Wildman–Crippen MR) is 159 cm³/mol. The highest BCUT2D eigenvalue weighted by molar-refractivity contribution is 7.89. The van der Waals surface area contributed by atoms with E-state index in [9.17, 15) is 22.8 Å². The Kier molecular flexibility index (Phi) is 9.60. The molecule has 0 radical (unpaired) electrons. The topological polar surface area (TPSA) is 156 Å². The number of amides is 2. The third-order valence-corrected chi connectivity index (χ3v) is 7.75. The first kappa shape index (κ1) is 30.3. The molecule has 42 heavy (non-hydrogen) atoms. The maximum atomic E-state index is 13.4. The molecule has 0 spiro atoms. The number of benzene rings is 3. The molecule has 2 atom stereocenters. The molecule has 220 valence electrons. The minimum absolute atomic E-state index is 0.0297. The number of para-hydroxylation sites is 1. The van der Waals surface area contributed by atoms with Crippen molar-refractivity contribution in [1.82, 2.24) is 9.71 Å². The number of rotatable bonds is 12. The summed E-state index contributed by atoms with van der Waals surface area (Å²) in [6.07, 6.45) is 0.433. The van der Waals surface area contributed by atoms with Crippen molar-refractivity contribution in [3.63, 3.8) is 0 Å². The Morgan fingerprint density at radius 2 is 1.55 bits per heavy atom. The van der Waals surface area contributed by atoms with Crippen LogP contribution in [0.25, 0.3) is 10.9 Å². The third kappa shape index (κ3) is 7.74. The predicted octanol–water partition coefficient (Wildman–Crippen LogP) is 3.99. The standard InChI is InChI=1S/C30H32N4O7S/c1-4-40-24-13-15-25(16-14-24)42(38,39)34-28(17-21-18-31-27-8-6-5-7-26(21)27)30(37)41-19(2)29(36)33-23-11-9-22(10-12-23)32-20(3)35/h5-16,18-19,28,31,34H,4,17H2,1-3H3,(H,32,35)(H,33,36)/t19-,28-/m0/s1. The van der Waals surface area contributed by atoms with Crippen molar-refractivity contribution in [3.8, 4) is 5.75 Å². The second kappa shape index (κ2) is 13.3. The van der Waals surface area contributed by atoms with Crippen LogP contribution in [-0.4, -0.2) is 49.9 Å². The zero-order valence-corrected chi connectivity index (χ0v) is 24.2. The van der Waals surface area contributed by atoms with Gasteiger partial charge in [-0.3, -0.25) is 14.4 Å². The van der Waals surface area contributed by atoms with Crippen LogP contribution >= 0.6 is 0 Å². The van der Waals surface area contributed by atoms with E-state index in [1.807, 2.05) is 31.2 Å². The lowest BCUT2D eigenvalue weighted by Gasteiger charge is -2.20. The van der Waals surface area contributed by atoms with Gasteiger partial charge in [-0.15, -0.1) is 0 Å². The summed E-state index contributed by atoms with van der Waals surface area (Å²) in [5.74, 6) is -1.25. The minimum Gasteiger partial charge on any atom is -0.494 e. The summed E-state index contributed by atoms with van der Waals surface area (Å²) in [7, 11) is -4.16. The lowest BCUT2D eigenvalue weighted by Crippen LogP contribution is -2.45. The fourth-order valence-electron chi connectivity index (χ4n) is 4.22. The van der Waals surface area contributed by atoms with E-state index >= 15 is 0 Å². The van der Waals surface area contributed by atoms with Crippen molar-refractivity contribution in [3.05, 3.63) is 84.6 Å². The number of carbonyl (C=O) groups is 3. The van der Waals surface area contributed by atoms with Crippen LogP contribution in [0.1, 0.15) is 26.3 Å². The molecule has 0 aliphatic carbocycles. The summed E-state index contributed by atoms with van der Waals surface area (Å²) in [4.78, 5) is 40.4. The van der Waals surface area contributed by atoms with Gasteiger partial charge in [-0.2, -0.15) is 4.72 Å². The van der Waals surface area contributed by atoms with Crippen molar-refractivity contribution < 1.29 is 32.3 Å². The van der Waals surface area contributed by atoms with E-state index in [2.05, 4.69) is 20.3 Å². The fraction of sp³-hybridized carbons (Fsp3) is 0.233. The first-order valence-electron chi connectivity index (χ1n) is 13.2. The van der Waals surface area contributed by atoms with Crippen LogP contribution in [0.3, 0.4) is 0 Å². The van der Waals surface area contributed by atoms with Crippen molar-refractivity contribution in [2.75, 3.05) is 17.2 Å². The first-order valence-corrected chi connectivity index (χ1v) is 14.7. The number of anilines is 2. The van der Waals surface area contributed by atoms with Crippen molar-refractivity contribution >= 4 is 50.1 Å². The summed E-state index contributed by atoms with van der Waals surface area (Å²) in [6, 6.07) is 18.3. The molecule has 3 aromatic carbocycles. The molecule has 0 fully saturated rings. The summed E-state index contributed by atoms with van der Waals surface area (Å²) < 4.78 is 39.9. The molecular weight excluding hydrogens is 560 g/mol. The van der Waals surface area contributed by atoms with E-state index in [1.165, 1.54) is 38.1 Å². The highest BCUT2D eigenvalue weighted by Gasteiger charge is 2.31. The van der Waals surface area contributed by atoms with Crippen LogP contribution in [0.5, 0.6) is 5.75 Å². The van der Waals surface area contributed by atoms with Crippen LogP contribution in [0, 0.1) is 0 Å². The first-order chi connectivity index (χ1) is 20.1. The number of ether oxygens (including phenoxy) is 2. The molecule has 2 amide bonds. The van der Waals surface area contributed by atoms with Crippen molar-refractivity contribution in [1.29, 1.82) is 0 Å². The number of sulfonamides is 1. The Bertz CT molecular complexity index is 1670. The molecule has 0 unspecified atom stereocenters. The second-order valence-electron chi connectivity index (χ2n) is 9.47. The molecule has 11 nitrogen and oxygen atoms in total. The largest absolute Gasteiger partial charge is 0.494 e. The summed E-state index contributed by atoms with van der Waals surface area (Å²) >= 11 is 0. The fourth-order valence-corrected chi connectivity index (χ4v) is 5.41. The Hall–Kier alpha value is -4.68. The van der Waals surface area contributed by atoms with Crippen LogP contribution < -0.4 is 20.1 Å². The summed E-state index contributed by atoms with van der Waals surface area (Å²) in [5, 5.41) is 6.09. The monoisotopic (exact) mass is 592 g/mol. The summed E-state index contributed by atoms with van der Waals surface area (Å²) in [5.41, 5.74) is 2.49. The quantitative estimate of drug-likeness (QED) is 0.181. The molecule has 0 saturated heterocycles. The van der Waals surface area contributed by atoms with E-state index in [4.69, 9.17) is 9.47 Å². The number of aromatic nitrogens is 1. The Labute approximate surface area is 243 Å². The molecular formula is C30H32N4O7S. The van der Waals surface area contributed by atoms with Gasteiger partial charge in [0.15, 0.2) is 6.10 Å². The van der Waals surface area contributed by atoms with E-state index in [-0.39, 0.29) is 17.2 Å². The highest BCUT2D eigenvalue weighted by Crippen LogP contribution is 2.22. The van der Waals surface area contributed by atoms with E-state index in [1.54, 1.807) is 30.5 Å². The number of carbonyl (C=O) groups excluding carboxylic acids is 3. The lowest BCUT2D eigenvalue weighted by molar-refractivity contribution is -0.154. The van der Waals surface area contributed by atoms with Gasteiger partial charge in [-0.1, -0.05) is 18.2 Å². The van der Waals surface area contributed by atoms with Gasteiger partial charge >= 0.3 is 5.97 Å². The van der Waals surface area contributed by atoms with Crippen LogP contribution in [0.15, 0.2) is 83.9 Å². The van der Waals surface area contributed by atoms with E-state index < -0.39 is 34.0 Å². The number of aromatic amines is 1. The molecule has 4 rings (SSSR count). The average Bonchev–Trinajstić information content (AvgIpc) is 3.36. The number of hydrogen-bond acceptors (Lipinski definition) is 7. The van der Waals surface area contributed by atoms with Crippen molar-refractivity contribution in [2.24, 2.45) is 0 Å². The van der Waals surface area contributed by atoms with E-state index in [0.717, 1.165) is 10.9 Å². The summed E-state index contributed by atoms with van der Waals surface area (Å²) in [6.45, 7) is 5.02.